The first-order valence-electron chi connectivity index (χ1n) is 9.26. The average Bonchev–Trinajstić information content (AvgIpc) is 2.98. The van der Waals surface area contributed by atoms with Crippen molar-refractivity contribution in [1.82, 2.24) is 4.90 Å². The average molecular weight is 444 g/mol. The highest BCUT2D eigenvalue weighted by Gasteiger charge is 2.42. The monoisotopic (exact) mass is 444 g/mol. The van der Waals surface area contributed by atoms with Gasteiger partial charge in [0.05, 0.1) is 29.6 Å². The first-order valence-corrected chi connectivity index (χ1v) is 11.3. The number of methoxy groups -OCH3 is 1. The van der Waals surface area contributed by atoms with Crippen molar-refractivity contribution in [2.45, 2.75) is 12.5 Å². The number of sulfone groups is 1. The van der Waals surface area contributed by atoms with E-state index in [-0.39, 0.29) is 28.8 Å². The Bertz CT molecular complexity index is 1140. The Balaban J connectivity index is 1.91. The van der Waals surface area contributed by atoms with Crippen LogP contribution >= 0.6 is 0 Å². The van der Waals surface area contributed by atoms with Crippen LogP contribution in [0.5, 0.6) is 0 Å². The zero-order chi connectivity index (χ0) is 22.8. The zero-order valence-electron chi connectivity index (χ0n) is 16.8. The SMILES string of the molecule is COC(=O)c1cccc(NC(=O)C(CCS(C)(=O)=O)N2C(=O)c3ccccc3C2=O)c1. The molecule has 0 radical (unpaired) electrons. The highest BCUT2D eigenvalue weighted by molar-refractivity contribution is 7.90. The Morgan fingerprint density at radius 2 is 1.65 bits per heavy atom. The number of nitrogens with one attached hydrogen (secondary N) is 1. The van der Waals surface area contributed by atoms with Crippen molar-refractivity contribution in [3.05, 3.63) is 65.2 Å². The molecule has 0 aromatic heterocycles. The first kappa shape index (κ1) is 22.2. The number of hydrogen-bond acceptors (Lipinski definition) is 7. The van der Waals surface area contributed by atoms with E-state index in [1.54, 1.807) is 12.1 Å². The van der Waals surface area contributed by atoms with Gasteiger partial charge in [-0.05, 0) is 36.8 Å². The lowest BCUT2D eigenvalue weighted by Crippen LogP contribution is -2.48. The molecule has 0 saturated carbocycles. The van der Waals surface area contributed by atoms with Gasteiger partial charge in [0.15, 0.2) is 0 Å². The number of amides is 3. The van der Waals surface area contributed by atoms with Crippen molar-refractivity contribution in [1.29, 1.82) is 0 Å². The Labute approximate surface area is 178 Å². The van der Waals surface area contributed by atoms with Crippen molar-refractivity contribution in [3.63, 3.8) is 0 Å². The van der Waals surface area contributed by atoms with Gasteiger partial charge in [-0.1, -0.05) is 18.2 Å². The number of anilines is 1. The van der Waals surface area contributed by atoms with Crippen molar-refractivity contribution >= 4 is 39.2 Å². The quantitative estimate of drug-likeness (QED) is 0.507. The molecule has 0 bridgehead atoms. The van der Waals surface area contributed by atoms with Gasteiger partial charge in [0.1, 0.15) is 15.9 Å². The fraction of sp³-hybridized carbons (Fsp3) is 0.238. The van der Waals surface area contributed by atoms with Gasteiger partial charge in [0, 0.05) is 11.9 Å². The molecule has 0 spiro atoms. The van der Waals surface area contributed by atoms with Gasteiger partial charge < -0.3 is 10.1 Å². The molecule has 2 aromatic carbocycles. The number of nitrogens with zero attached hydrogens (tertiary/aromatic N) is 1. The van der Waals surface area contributed by atoms with Crippen LogP contribution < -0.4 is 5.32 Å². The fourth-order valence-electron chi connectivity index (χ4n) is 3.26. The molecule has 1 N–H and O–H groups in total. The number of hydrogen-bond donors (Lipinski definition) is 1. The summed E-state index contributed by atoms with van der Waals surface area (Å²) in [5.74, 6) is -3.10. The van der Waals surface area contributed by atoms with Crippen LogP contribution in [0.25, 0.3) is 0 Å². The number of carbonyl (C=O) groups excluding carboxylic acids is 4. The van der Waals surface area contributed by atoms with E-state index in [1.165, 1.54) is 43.5 Å². The Kier molecular flexibility index (Phi) is 6.21. The third-order valence-electron chi connectivity index (χ3n) is 4.75. The molecule has 1 heterocycles. The van der Waals surface area contributed by atoms with E-state index >= 15 is 0 Å². The number of benzene rings is 2. The van der Waals surface area contributed by atoms with Crippen LogP contribution in [-0.4, -0.2) is 62.2 Å². The molecule has 0 aliphatic carbocycles. The molecule has 31 heavy (non-hydrogen) atoms. The van der Waals surface area contributed by atoms with Crippen LogP contribution in [0, 0.1) is 0 Å². The van der Waals surface area contributed by atoms with E-state index in [9.17, 15) is 27.6 Å². The zero-order valence-corrected chi connectivity index (χ0v) is 17.6. The Morgan fingerprint density at radius 1 is 1.03 bits per heavy atom. The van der Waals surface area contributed by atoms with E-state index in [2.05, 4.69) is 10.1 Å². The Morgan fingerprint density at radius 3 is 2.19 bits per heavy atom. The molecule has 3 amide bonds. The molecule has 10 heteroatoms. The van der Waals surface area contributed by atoms with Crippen molar-refractivity contribution in [2.75, 3.05) is 24.4 Å². The minimum atomic E-state index is -3.47. The summed E-state index contributed by atoms with van der Waals surface area (Å²) in [6, 6.07) is 10.7. The van der Waals surface area contributed by atoms with Gasteiger partial charge in [0.2, 0.25) is 5.91 Å². The van der Waals surface area contributed by atoms with Gasteiger partial charge in [0.25, 0.3) is 11.8 Å². The molecular formula is C21H20N2O7S. The van der Waals surface area contributed by atoms with Crippen LogP contribution in [0.15, 0.2) is 48.5 Å². The third-order valence-corrected chi connectivity index (χ3v) is 5.73. The van der Waals surface area contributed by atoms with E-state index in [1.807, 2.05) is 0 Å². The molecule has 1 unspecified atom stereocenters. The van der Waals surface area contributed by atoms with Crippen LogP contribution in [0.4, 0.5) is 5.69 Å². The number of fused-ring (bicyclic) bond motifs is 1. The molecule has 0 fully saturated rings. The van der Waals surface area contributed by atoms with E-state index in [0.717, 1.165) is 11.2 Å². The standard InChI is InChI=1S/C21H20N2O7S/c1-30-21(27)13-6-5-7-14(12-13)22-18(24)17(10-11-31(2,28)29)23-19(25)15-8-3-4-9-16(15)20(23)26/h3-9,12,17H,10-11H2,1-2H3,(H,22,24). The topological polar surface area (TPSA) is 127 Å². The summed E-state index contributed by atoms with van der Waals surface area (Å²) < 4.78 is 28.0. The largest absolute Gasteiger partial charge is 0.465 e. The lowest BCUT2D eigenvalue weighted by Gasteiger charge is -2.25. The fourth-order valence-corrected chi connectivity index (χ4v) is 3.91. The molecule has 0 saturated heterocycles. The van der Waals surface area contributed by atoms with Gasteiger partial charge in [-0.3, -0.25) is 19.3 Å². The predicted octanol–water partition coefficient (Wildman–Crippen LogP) is 1.51. The summed E-state index contributed by atoms with van der Waals surface area (Å²) >= 11 is 0. The molecule has 3 rings (SSSR count). The van der Waals surface area contributed by atoms with Crippen molar-refractivity contribution in [2.24, 2.45) is 0 Å². The summed E-state index contributed by atoms with van der Waals surface area (Å²) in [4.78, 5) is 51.2. The van der Waals surface area contributed by atoms with Crippen LogP contribution in [0.1, 0.15) is 37.5 Å². The predicted molar refractivity (Wildman–Crippen MR) is 111 cm³/mol. The van der Waals surface area contributed by atoms with Crippen molar-refractivity contribution in [3.8, 4) is 0 Å². The van der Waals surface area contributed by atoms with Crippen molar-refractivity contribution < 1.29 is 32.3 Å². The minimum Gasteiger partial charge on any atom is -0.465 e. The molecule has 9 nitrogen and oxygen atoms in total. The number of ether oxygens (including phenoxy) is 1. The van der Waals surface area contributed by atoms with Crippen LogP contribution in [-0.2, 0) is 19.4 Å². The smallest absolute Gasteiger partial charge is 0.337 e. The maximum Gasteiger partial charge on any atom is 0.337 e. The summed E-state index contributed by atoms with van der Waals surface area (Å²) in [7, 11) is -2.25. The molecule has 162 valence electrons. The van der Waals surface area contributed by atoms with Gasteiger partial charge in [-0.2, -0.15) is 0 Å². The molecular weight excluding hydrogens is 424 g/mol. The van der Waals surface area contributed by atoms with E-state index in [0.29, 0.717) is 0 Å². The second kappa shape index (κ2) is 8.68. The number of rotatable bonds is 7. The lowest BCUT2D eigenvalue weighted by molar-refractivity contribution is -0.120. The molecule has 1 aliphatic heterocycles. The maximum absolute atomic E-state index is 13.0. The first-order chi connectivity index (χ1) is 14.6. The highest BCUT2D eigenvalue weighted by Crippen LogP contribution is 2.26. The second-order valence-corrected chi connectivity index (χ2v) is 9.28. The summed E-state index contributed by atoms with van der Waals surface area (Å²) in [5, 5.41) is 2.55. The maximum atomic E-state index is 13.0. The number of esters is 1. The van der Waals surface area contributed by atoms with E-state index in [4.69, 9.17) is 0 Å². The second-order valence-electron chi connectivity index (χ2n) is 7.02. The molecule has 1 atom stereocenters. The lowest BCUT2D eigenvalue weighted by atomic mass is 10.1. The molecule has 1 aliphatic rings. The summed E-state index contributed by atoms with van der Waals surface area (Å²) in [6.07, 6.45) is 0.733. The van der Waals surface area contributed by atoms with E-state index < -0.39 is 45.3 Å². The number of imide groups is 1. The van der Waals surface area contributed by atoms with Gasteiger partial charge in [-0.15, -0.1) is 0 Å². The van der Waals surface area contributed by atoms with Gasteiger partial charge in [-0.25, -0.2) is 13.2 Å². The minimum absolute atomic E-state index is 0.150. The third kappa shape index (κ3) is 4.80. The molecule has 2 aromatic rings. The summed E-state index contributed by atoms with van der Waals surface area (Å²) in [5.41, 5.74) is 0.720. The van der Waals surface area contributed by atoms with Gasteiger partial charge >= 0.3 is 5.97 Å². The summed E-state index contributed by atoms with van der Waals surface area (Å²) in [6.45, 7) is 0. The van der Waals surface area contributed by atoms with Crippen LogP contribution in [0.3, 0.4) is 0 Å². The Hall–Kier alpha value is -3.53. The highest BCUT2D eigenvalue weighted by atomic mass is 32.2. The van der Waals surface area contributed by atoms with Crippen LogP contribution in [0.2, 0.25) is 0 Å². The normalized spacial score (nSPS) is 14.2. The number of carbonyl (C=O) groups is 4.